The number of rotatable bonds is 4. The van der Waals surface area contributed by atoms with Crippen molar-refractivity contribution in [3.63, 3.8) is 0 Å². The summed E-state index contributed by atoms with van der Waals surface area (Å²) in [6.45, 7) is 1.30. The second-order valence-electron chi connectivity index (χ2n) is 6.27. The van der Waals surface area contributed by atoms with Crippen LogP contribution in [0.4, 0.5) is 0 Å². The van der Waals surface area contributed by atoms with E-state index in [2.05, 4.69) is 0 Å². The van der Waals surface area contributed by atoms with Crippen LogP contribution in [0.15, 0.2) is 12.1 Å². The Labute approximate surface area is 164 Å². The van der Waals surface area contributed by atoms with Crippen LogP contribution >= 0.6 is 46.1 Å². The molecule has 2 N–H and O–H groups in total. The van der Waals surface area contributed by atoms with Crippen LogP contribution in [-0.4, -0.2) is 29.8 Å². The Balaban J connectivity index is 1.83. The molecule has 1 atom stereocenters. The summed E-state index contributed by atoms with van der Waals surface area (Å²) in [5.74, 6) is -0.110. The summed E-state index contributed by atoms with van der Waals surface area (Å²) in [6, 6.07) is 3.39. The average molecular weight is 420 g/mol. The lowest BCUT2D eigenvalue weighted by Crippen LogP contribution is -2.40. The molecule has 1 unspecified atom stereocenters. The Kier molecular flexibility index (Phi) is 5.78. The van der Waals surface area contributed by atoms with Crippen molar-refractivity contribution >= 4 is 68.0 Å². The van der Waals surface area contributed by atoms with Gasteiger partial charge in [0.1, 0.15) is 4.88 Å². The topological polar surface area (TPSA) is 63.4 Å². The van der Waals surface area contributed by atoms with E-state index < -0.39 is 0 Å². The van der Waals surface area contributed by atoms with E-state index >= 15 is 0 Å². The number of benzene rings is 1. The quantitative estimate of drug-likeness (QED) is 0.759. The van der Waals surface area contributed by atoms with Crippen LogP contribution in [0, 0.1) is 5.92 Å². The van der Waals surface area contributed by atoms with Gasteiger partial charge in [-0.15, -0.1) is 11.3 Å². The molecule has 3 rings (SSSR count). The van der Waals surface area contributed by atoms with Crippen LogP contribution in [-0.2, 0) is 4.79 Å². The van der Waals surface area contributed by atoms with E-state index in [1.54, 1.807) is 17.0 Å². The van der Waals surface area contributed by atoms with Crippen molar-refractivity contribution in [2.24, 2.45) is 11.7 Å². The largest absolute Gasteiger partial charge is 0.370 e. The molecule has 0 radical (unpaired) electrons. The van der Waals surface area contributed by atoms with Gasteiger partial charge in [0.15, 0.2) is 0 Å². The van der Waals surface area contributed by atoms with Crippen LogP contribution in [0.5, 0.6) is 0 Å². The zero-order chi connectivity index (χ0) is 18.1. The summed E-state index contributed by atoms with van der Waals surface area (Å²) in [5, 5.41) is 2.01. The van der Waals surface area contributed by atoms with Gasteiger partial charge in [-0.25, -0.2) is 0 Å². The van der Waals surface area contributed by atoms with Gasteiger partial charge in [-0.3, -0.25) is 9.59 Å². The van der Waals surface area contributed by atoms with Crippen molar-refractivity contribution in [3.05, 3.63) is 32.1 Å². The molecule has 2 amide bonds. The number of hydrogen-bond donors (Lipinski definition) is 1. The molecule has 2 heterocycles. The fourth-order valence-electron chi connectivity index (χ4n) is 3.22. The van der Waals surface area contributed by atoms with Crippen molar-refractivity contribution in [2.45, 2.75) is 25.7 Å². The first-order valence-corrected chi connectivity index (χ1v) is 9.96. The van der Waals surface area contributed by atoms with Gasteiger partial charge in [0.2, 0.25) is 5.91 Å². The lowest BCUT2D eigenvalue weighted by Gasteiger charge is -2.32. The standard InChI is InChI=1S/C17H17Cl3N2O2S/c18-10-6-11(19)14-12(7-10)25-16(15(14)20)17(24)22-5-1-2-9(8-22)3-4-13(21)23/h6-7,9H,1-5,8H2,(H2,21,23). The number of carbonyl (C=O) groups is 2. The maximum absolute atomic E-state index is 13.0. The Morgan fingerprint density at radius 2 is 2.04 bits per heavy atom. The van der Waals surface area contributed by atoms with Crippen molar-refractivity contribution < 1.29 is 9.59 Å². The Bertz CT molecular complexity index is 837. The minimum Gasteiger partial charge on any atom is -0.370 e. The summed E-state index contributed by atoms with van der Waals surface area (Å²) in [4.78, 5) is 26.2. The van der Waals surface area contributed by atoms with Gasteiger partial charge in [-0.1, -0.05) is 34.8 Å². The maximum Gasteiger partial charge on any atom is 0.265 e. The van der Waals surface area contributed by atoms with Crippen LogP contribution in [0.3, 0.4) is 0 Å². The highest BCUT2D eigenvalue weighted by molar-refractivity contribution is 7.21. The first-order chi connectivity index (χ1) is 11.9. The van der Waals surface area contributed by atoms with Gasteiger partial charge in [0.05, 0.1) is 10.0 Å². The number of nitrogens with zero attached hydrogens (tertiary/aromatic N) is 1. The molecule has 0 aliphatic carbocycles. The molecule has 8 heteroatoms. The van der Waals surface area contributed by atoms with Gasteiger partial charge in [-0.2, -0.15) is 0 Å². The number of likely N-dealkylation sites (tertiary alicyclic amines) is 1. The second kappa shape index (κ2) is 7.70. The number of amides is 2. The molecule has 1 aliphatic rings. The average Bonchev–Trinajstić information content (AvgIpc) is 2.89. The van der Waals surface area contributed by atoms with Gasteiger partial charge in [0, 0.05) is 34.6 Å². The zero-order valence-corrected chi connectivity index (χ0v) is 16.4. The molecule has 0 spiro atoms. The third kappa shape index (κ3) is 4.05. The summed E-state index contributed by atoms with van der Waals surface area (Å²) in [6.07, 6.45) is 2.97. The van der Waals surface area contributed by atoms with E-state index in [9.17, 15) is 9.59 Å². The molecule has 1 aliphatic heterocycles. The Morgan fingerprint density at radius 3 is 2.76 bits per heavy atom. The Morgan fingerprint density at radius 1 is 1.28 bits per heavy atom. The first kappa shape index (κ1) is 18.8. The predicted octanol–water partition coefficient (Wildman–Crippen LogP) is 4.98. The molecule has 134 valence electrons. The van der Waals surface area contributed by atoms with E-state index in [0.717, 1.165) is 17.5 Å². The van der Waals surface area contributed by atoms with Gasteiger partial charge >= 0.3 is 0 Å². The highest BCUT2D eigenvalue weighted by Gasteiger charge is 2.28. The molecule has 1 aromatic carbocycles. The third-order valence-electron chi connectivity index (χ3n) is 4.45. The number of thiophene rings is 1. The molecule has 2 aromatic rings. The molecular formula is C17H17Cl3N2O2S. The SMILES string of the molecule is NC(=O)CCC1CCCN(C(=O)c2sc3cc(Cl)cc(Cl)c3c2Cl)C1. The fourth-order valence-corrected chi connectivity index (χ4v) is 5.57. The predicted molar refractivity (Wildman–Crippen MR) is 104 cm³/mol. The third-order valence-corrected chi connectivity index (χ3v) is 6.58. The minimum atomic E-state index is -0.303. The van der Waals surface area contributed by atoms with Crippen molar-refractivity contribution in [2.75, 3.05) is 13.1 Å². The number of hydrogen-bond acceptors (Lipinski definition) is 3. The normalized spacial score (nSPS) is 17.9. The molecule has 1 fully saturated rings. The highest BCUT2D eigenvalue weighted by atomic mass is 35.5. The van der Waals surface area contributed by atoms with Crippen molar-refractivity contribution in [1.29, 1.82) is 0 Å². The number of nitrogens with two attached hydrogens (primary N) is 1. The second-order valence-corrected chi connectivity index (χ2v) is 8.54. The summed E-state index contributed by atoms with van der Waals surface area (Å²) >= 11 is 20.0. The van der Waals surface area contributed by atoms with Crippen molar-refractivity contribution in [3.8, 4) is 0 Å². The molecule has 0 saturated carbocycles. The molecular weight excluding hydrogens is 403 g/mol. The molecule has 1 aromatic heterocycles. The molecule has 0 bridgehead atoms. The molecule has 4 nitrogen and oxygen atoms in total. The van der Waals surface area contributed by atoms with Gasteiger partial charge in [-0.05, 0) is 37.3 Å². The number of piperidine rings is 1. The van der Waals surface area contributed by atoms with E-state index in [1.807, 2.05) is 0 Å². The van der Waals surface area contributed by atoms with E-state index in [4.69, 9.17) is 40.5 Å². The van der Waals surface area contributed by atoms with Crippen LogP contribution < -0.4 is 5.73 Å². The number of halogens is 3. The summed E-state index contributed by atoms with van der Waals surface area (Å²) < 4.78 is 0.799. The van der Waals surface area contributed by atoms with Gasteiger partial charge < -0.3 is 10.6 Å². The smallest absolute Gasteiger partial charge is 0.265 e. The zero-order valence-electron chi connectivity index (χ0n) is 13.4. The number of fused-ring (bicyclic) bond motifs is 1. The Hall–Kier alpha value is -1.01. The van der Waals surface area contributed by atoms with Crippen LogP contribution in [0.2, 0.25) is 15.1 Å². The monoisotopic (exact) mass is 418 g/mol. The van der Waals surface area contributed by atoms with Crippen LogP contribution in [0.25, 0.3) is 10.1 Å². The number of primary amides is 1. The molecule has 25 heavy (non-hydrogen) atoms. The van der Waals surface area contributed by atoms with Crippen molar-refractivity contribution in [1.82, 2.24) is 4.90 Å². The minimum absolute atomic E-state index is 0.0952. The van der Waals surface area contributed by atoms with E-state index in [1.165, 1.54) is 11.3 Å². The summed E-state index contributed by atoms with van der Waals surface area (Å²) in [5.41, 5.74) is 5.23. The maximum atomic E-state index is 13.0. The lowest BCUT2D eigenvalue weighted by atomic mass is 9.93. The van der Waals surface area contributed by atoms with Gasteiger partial charge in [0.25, 0.3) is 5.91 Å². The first-order valence-electron chi connectivity index (χ1n) is 8.01. The molecule has 1 saturated heterocycles. The summed E-state index contributed by atoms with van der Waals surface area (Å²) in [7, 11) is 0. The lowest BCUT2D eigenvalue weighted by molar-refractivity contribution is -0.118. The highest BCUT2D eigenvalue weighted by Crippen LogP contribution is 2.42. The van der Waals surface area contributed by atoms with E-state index in [-0.39, 0.29) is 17.7 Å². The van der Waals surface area contributed by atoms with E-state index in [0.29, 0.717) is 51.3 Å². The van der Waals surface area contributed by atoms with Crippen LogP contribution in [0.1, 0.15) is 35.4 Å². The number of carbonyl (C=O) groups excluding carboxylic acids is 2. The fraction of sp³-hybridized carbons (Fsp3) is 0.412.